The molecule has 2 heterocycles. The molecule has 2 unspecified atom stereocenters. The summed E-state index contributed by atoms with van der Waals surface area (Å²) in [6, 6.07) is 5.02. The van der Waals surface area contributed by atoms with Gasteiger partial charge in [0, 0.05) is 17.4 Å². The number of carboxylic acids is 1. The molecule has 2 aromatic rings. The van der Waals surface area contributed by atoms with Crippen molar-refractivity contribution in [3.05, 3.63) is 64.4 Å². The Hall–Kier alpha value is -2.12. The minimum absolute atomic E-state index is 0.166. The van der Waals surface area contributed by atoms with Gasteiger partial charge in [0.25, 0.3) is 0 Å². The van der Waals surface area contributed by atoms with Crippen molar-refractivity contribution in [3.8, 4) is 0 Å². The molecule has 1 aliphatic heterocycles. The largest absolute Gasteiger partial charge is 0.480 e. The van der Waals surface area contributed by atoms with Crippen LogP contribution in [0, 0.1) is 0 Å². The van der Waals surface area contributed by atoms with E-state index in [4.69, 9.17) is 11.6 Å². The summed E-state index contributed by atoms with van der Waals surface area (Å²) in [5, 5.41) is 9.80. The molecule has 1 aromatic carbocycles. The number of piperidine rings is 1. The van der Waals surface area contributed by atoms with E-state index in [0.29, 0.717) is 18.5 Å². The first-order valence-electron chi connectivity index (χ1n) is 8.54. The smallest absolute Gasteiger partial charge is 0.416 e. The van der Waals surface area contributed by atoms with E-state index in [1.165, 1.54) is 18.5 Å². The van der Waals surface area contributed by atoms with Crippen LogP contribution in [-0.4, -0.2) is 33.5 Å². The van der Waals surface area contributed by atoms with E-state index in [1.807, 2.05) is 0 Å². The topological polar surface area (TPSA) is 53.4 Å². The number of benzene rings is 1. The zero-order valence-corrected chi connectivity index (χ0v) is 15.0. The molecule has 0 radical (unpaired) electrons. The van der Waals surface area contributed by atoms with Crippen LogP contribution in [0.3, 0.4) is 0 Å². The van der Waals surface area contributed by atoms with Crippen molar-refractivity contribution in [2.24, 2.45) is 0 Å². The lowest BCUT2D eigenvalue weighted by Crippen LogP contribution is -2.47. The number of halogens is 4. The molecule has 4 nitrogen and oxygen atoms in total. The Morgan fingerprint density at radius 2 is 1.93 bits per heavy atom. The van der Waals surface area contributed by atoms with Crippen LogP contribution >= 0.6 is 11.6 Å². The highest BCUT2D eigenvalue weighted by atomic mass is 35.5. The molecule has 0 spiro atoms. The molecule has 144 valence electrons. The van der Waals surface area contributed by atoms with Crippen molar-refractivity contribution in [1.82, 2.24) is 9.88 Å². The number of alkyl halides is 3. The lowest BCUT2D eigenvalue weighted by molar-refractivity contribution is -0.145. The average Bonchev–Trinajstić information content (AvgIpc) is 2.64. The minimum atomic E-state index is -4.52. The Morgan fingerprint density at radius 1 is 1.22 bits per heavy atom. The van der Waals surface area contributed by atoms with E-state index in [9.17, 15) is 23.1 Å². The van der Waals surface area contributed by atoms with Crippen molar-refractivity contribution >= 4 is 17.6 Å². The standard InChI is InChI=1S/C19H18ClF3N2O2/c20-15-5-4-13(19(21,22)23)11-14(15)17(12-6-8-24-9-7-12)25-10-2-1-3-16(25)18(26)27/h4-9,11,16-17H,1-3,10H2,(H,26,27). The first-order valence-corrected chi connectivity index (χ1v) is 8.92. The molecule has 0 amide bonds. The third-order valence-corrected chi connectivity index (χ3v) is 5.14. The van der Waals surface area contributed by atoms with Gasteiger partial charge in [0.15, 0.2) is 0 Å². The molecule has 0 aliphatic carbocycles. The predicted molar refractivity (Wildman–Crippen MR) is 94.5 cm³/mol. The van der Waals surface area contributed by atoms with E-state index < -0.39 is 29.8 Å². The third kappa shape index (κ3) is 4.25. The fourth-order valence-electron chi connectivity index (χ4n) is 3.55. The van der Waals surface area contributed by atoms with Crippen LogP contribution in [0.4, 0.5) is 13.2 Å². The van der Waals surface area contributed by atoms with Crippen LogP contribution in [0.5, 0.6) is 0 Å². The summed E-state index contributed by atoms with van der Waals surface area (Å²) in [5.41, 5.74) is 0.0788. The summed E-state index contributed by atoms with van der Waals surface area (Å²) in [4.78, 5) is 17.5. The maximum Gasteiger partial charge on any atom is 0.416 e. The summed E-state index contributed by atoms with van der Waals surface area (Å²) in [5.74, 6) is -0.989. The summed E-state index contributed by atoms with van der Waals surface area (Å²) < 4.78 is 39.8. The fraction of sp³-hybridized carbons (Fsp3) is 0.368. The van der Waals surface area contributed by atoms with Gasteiger partial charge in [0.2, 0.25) is 0 Å². The lowest BCUT2D eigenvalue weighted by Gasteiger charge is -2.40. The first kappa shape index (κ1) is 19.6. The highest BCUT2D eigenvalue weighted by molar-refractivity contribution is 6.31. The van der Waals surface area contributed by atoms with Gasteiger partial charge in [-0.05, 0) is 60.8 Å². The molecule has 0 bridgehead atoms. The molecule has 27 heavy (non-hydrogen) atoms. The highest BCUT2D eigenvalue weighted by Crippen LogP contribution is 2.40. The van der Waals surface area contributed by atoms with Crippen molar-refractivity contribution in [2.45, 2.75) is 37.5 Å². The molecular weight excluding hydrogens is 381 g/mol. The number of carbonyl (C=O) groups is 1. The Balaban J connectivity index is 2.15. The number of likely N-dealkylation sites (tertiary alicyclic amines) is 1. The molecule has 1 fully saturated rings. The lowest BCUT2D eigenvalue weighted by atomic mass is 9.91. The average molecular weight is 399 g/mol. The second-order valence-corrected chi connectivity index (χ2v) is 6.91. The predicted octanol–water partition coefficient (Wildman–Crippen LogP) is 4.78. The van der Waals surface area contributed by atoms with Crippen molar-refractivity contribution in [1.29, 1.82) is 0 Å². The second-order valence-electron chi connectivity index (χ2n) is 6.50. The van der Waals surface area contributed by atoms with Gasteiger partial charge >= 0.3 is 12.1 Å². The molecule has 0 saturated carbocycles. The maximum atomic E-state index is 13.3. The second kappa shape index (κ2) is 7.86. The molecule has 1 N–H and O–H groups in total. The van der Waals surface area contributed by atoms with Crippen LogP contribution in [0.2, 0.25) is 5.02 Å². The van der Waals surface area contributed by atoms with Gasteiger partial charge in [0.05, 0.1) is 11.6 Å². The number of carboxylic acid groups (broad SMARTS) is 1. The van der Waals surface area contributed by atoms with E-state index in [-0.39, 0.29) is 10.6 Å². The third-order valence-electron chi connectivity index (χ3n) is 4.80. The first-order chi connectivity index (χ1) is 12.8. The molecule has 1 aliphatic rings. The van der Waals surface area contributed by atoms with Gasteiger partial charge in [-0.1, -0.05) is 18.0 Å². The number of aliphatic carboxylic acids is 1. The van der Waals surface area contributed by atoms with Gasteiger partial charge in [-0.3, -0.25) is 14.7 Å². The van der Waals surface area contributed by atoms with E-state index >= 15 is 0 Å². The van der Waals surface area contributed by atoms with Gasteiger partial charge in [0.1, 0.15) is 6.04 Å². The SMILES string of the molecule is O=C(O)C1CCCCN1C(c1ccncc1)c1cc(C(F)(F)F)ccc1Cl. The van der Waals surface area contributed by atoms with Crippen LogP contribution in [0.15, 0.2) is 42.7 Å². The van der Waals surface area contributed by atoms with Gasteiger partial charge in [-0.15, -0.1) is 0 Å². The Kier molecular flexibility index (Phi) is 5.72. The Morgan fingerprint density at radius 3 is 2.56 bits per heavy atom. The summed E-state index contributed by atoms with van der Waals surface area (Å²) in [6.07, 6.45) is 0.506. The van der Waals surface area contributed by atoms with E-state index in [2.05, 4.69) is 4.98 Å². The summed E-state index contributed by atoms with van der Waals surface area (Å²) in [6.45, 7) is 0.455. The van der Waals surface area contributed by atoms with Crippen LogP contribution < -0.4 is 0 Å². The molecule has 3 rings (SSSR count). The quantitative estimate of drug-likeness (QED) is 0.805. The minimum Gasteiger partial charge on any atom is -0.480 e. The molecule has 1 aromatic heterocycles. The number of hydrogen-bond acceptors (Lipinski definition) is 3. The zero-order valence-electron chi connectivity index (χ0n) is 14.3. The number of pyridine rings is 1. The fourth-order valence-corrected chi connectivity index (χ4v) is 3.77. The Bertz CT molecular complexity index is 814. The van der Waals surface area contributed by atoms with Gasteiger partial charge < -0.3 is 5.11 Å². The number of rotatable bonds is 4. The van der Waals surface area contributed by atoms with Gasteiger partial charge in [-0.2, -0.15) is 13.2 Å². The zero-order chi connectivity index (χ0) is 19.6. The molecule has 2 atom stereocenters. The van der Waals surface area contributed by atoms with E-state index in [1.54, 1.807) is 17.0 Å². The number of aromatic nitrogens is 1. The van der Waals surface area contributed by atoms with Crippen molar-refractivity contribution in [3.63, 3.8) is 0 Å². The normalized spacial score (nSPS) is 19.6. The molecule has 1 saturated heterocycles. The van der Waals surface area contributed by atoms with Crippen molar-refractivity contribution in [2.75, 3.05) is 6.54 Å². The summed E-state index contributed by atoms with van der Waals surface area (Å²) >= 11 is 6.28. The number of nitrogens with zero attached hydrogens (tertiary/aromatic N) is 2. The highest BCUT2D eigenvalue weighted by Gasteiger charge is 2.37. The van der Waals surface area contributed by atoms with Gasteiger partial charge in [-0.25, -0.2) is 0 Å². The molecular formula is C19H18ClF3N2O2. The van der Waals surface area contributed by atoms with Crippen LogP contribution in [0.1, 0.15) is 42.0 Å². The van der Waals surface area contributed by atoms with Crippen LogP contribution in [-0.2, 0) is 11.0 Å². The van der Waals surface area contributed by atoms with E-state index in [0.717, 1.165) is 25.0 Å². The molecule has 8 heteroatoms. The number of hydrogen-bond donors (Lipinski definition) is 1. The van der Waals surface area contributed by atoms with Crippen molar-refractivity contribution < 1.29 is 23.1 Å². The van der Waals surface area contributed by atoms with Crippen LogP contribution in [0.25, 0.3) is 0 Å². The maximum absolute atomic E-state index is 13.3. The Labute approximate surface area is 159 Å². The summed E-state index contributed by atoms with van der Waals surface area (Å²) in [7, 11) is 0. The monoisotopic (exact) mass is 398 g/mol.